The van der Waals surface area contributed by atoms with E-state index < -0.39 is 5.91 Å². The van der Waals surface area contributed by atoms with Crippen molar-refractivity contribution in [3.8, 4) is 0 Å². The minimum absolute atomic E-state index is 0. The van der Waals surface area contributed by atoms with Crippen molar-refractivity contribution in [3.05, 3.63) is 70.3 Å². The molecule has 1 amide bonds. The van der Waals surface area contributed by atoms with E-state index in [0.717, 1.165) is 31.0 Å². The molecule has 0 atom stereocenters. The molecule has 2 aromatic carbocycles. The number of carbonyl (C=O) groups is 1. The van der Waals surface area contributed by atoms with Gasteiger partial charge in [0.15, 0.2) is 5.96 Å². The standard InChI is InChI=1S/C21H28N4O.HI/c1-4-23-21(24-9-8-17-11-15(2)10-16(3)12-17)25-14-18-6-5-7-19(13-18)20(22)26;/h5-7,10-13H,4,8-9,14H2,1-3H3,(H2,22,26)(H2,23,24,25);1H. The van der Waals surface area contributed by atoms with Gasteiger partial charge in [0.05, 0.1) is 6.54 Å². The summed E-state index contributed by atoms with van der Waals surface area (Å²) in [6.07, 6.45) is 0.935. The lowest BCUT2D eigenvalue weighted by molar-refractivity contribution is 0.1000. The average molecular weight is 480 g/mol. The lowest BCUT2D eigenvalue weighted by Gasteiger charge is -2.12. The van der Waals surface area contributed by atoms with Crippen molar-refractivity contribution < 1.29 is 4.79 Å². The monoisotopic (exact) mass is 480 g/mol. The number of nitrogens with one attached hydrogen (secondary N) is 2. The van der Waals surface area contributed by atoms with Gasteiger partial charge in [-0.15, -0.1) is 24.0 Å². The van der Waals surface area contributed by atoms with Crippen molar-refractivity contribution in [2.45, 2.75) is 33.7 Å². The number of nitrogens with zero attached hydrogens (tertiary/aromatic N) is 1. The van der Waals surface area contributed by atoms with Crippen molar-refractivity contribution in [3.63, 3.8) is 0 Å². The number of hydrogen-bond acceptors (Lipinski definition) is 2. The van der Waals surface area contributed by atoms with Gasteiger partial charge in [0, 0.05) is 18.7 Å². The number of guanidine groups is 1. The number of hydrogen-bond donors (Lipinski definition) is 3. The molecule has 2 rings (SSSR count). The quantitative estimate of drug-likeness (QED) is 0.323. The molecular weight excluding hydrogens is 451 g/mol. The second kappa shape index (κ2) is 11.6. The zero-order valence-electron chi connectivity index (χ0n) is 16.2. The highest BCUT2D eigenvalue weighted by molar-refractivity contribution is 14.0. The molecule has 4 N–H and O–H groups in total. The molecule has 0 radical (unpaired) electrons. The molecule has 0 aromatic heterocycles. The Balaban J connectivity index is 0.00000364. The summed E-state index contributed by atoms with van der Waals surface area (Å²) < 4.78 is 0. The van der Waals surface area contributed by atoms with E-state index >= 15 is 0 Å². The zero-order valence-corrected chi connectivity index (χ0v) is 18.5. The highest BCUT2D eigenvalue weighted by atomic mass is 127. The number of aliphatic imine (C=N–C) groups is 1. The number of amides is 1. The molecule has 27 heavy (non-hydrogen) atoms. The van der Waals surface area contributed by atoms with E-state index in [1.165, 1.54) is 16.7 Å². The van der Waals surface area contributed by atoms with E-state index in [1.54, 1.807) is 12.1 Å². The van der Waals surface area contributed by atoms with E-state index in [4.69, 9.17) is 5.73 Å². The van der Waals surface area contributed by atoms with Crippen LogP contribution in [0.25, 0.3) is 0 Å². The van der Waals surface area contributed by atoms with Crippen molar-refractivity contribution in [1.82, 2.24) is 10.6 Å². The number of benzene rings is 2. The van der Waals surface area contributed by atoms with Gasteiger partial charge in [0.2, 0.25) is 5.91 Å². The summed E-state index contributed by atoms with van der Waals surface area (Å²) in [6, 6.07) is 13.9. The first-order chi connectivity index (χ1) is 12.5. The lowest BCUT2D eigenvalue weighted by Crippen LogP contribution is -2.38. The van der Waals surface area contributed by atoms with Crippen LogP contribution in [0.1, 0.15) is 39.5 Å². The van der Waals surface area contributed by atoms with Crippen LogP contribution >= 0.6 is 24.0 Å². The molecule has 0 aliphatic carbocycles. The second-order valence-corrected chi connectivity index (χ2v) is 6.43. The van der Waals surface area contributed by atoms with Gasteiger partial charge in [-0.2, -0.15) is 0 Å². The molecule has 0 saturated carbocycles. The van der Waals surface area contributed by atoms with Crippen LogP contribution < -0.4 is 16.4 Å². The first-order valence-electron chi connectivity index (χ1n) is 8.96. The molecule has 0 bridgehead atoms. The number of primary amides is 1. The minimum atomic E-state index is -0.422. The van der Waals surface area contributed by atoms with Crippen molar-refractivity contribution in [2.24, 2.45) is 10.7 Å². The van der Waals surface area contributed by atoms with Gasteiger partial charge in [-0.3, -0.25) is 4.79 Å². The van der Waals surface area contributed by atoms with Gasteiger partial charge >= 0.3 is 0 Å². The van der Waals surface area contributed by atoms with E-state index in [9.17, 15) is 4.79 Å². The third kappa shape index (κ3) is 7.99. The Kier molecular flexibility index (Phi) is 9.85. The number of halogens is 1. The van der Waals surface area contributed by atoms with Crippen LogP contribution in [-0.4, -0.2) is 25.0 Å². The van der Waals surface area contributed by atoms with E-state index in [1.807, 2.05) is 19.1 Å². The second-order valence-electron chi connectivity index (χ2n) is 6.43. The Morgan fingerprint density at radius 3 is 2.37 bits per heavy atom. The van der Waals surface area contributed by atoms with Gasteiger partial charge in [-0.1, -0.05) is 41.5 Å². The first kappa shape index (κ1) is 23.0. The molecule has 0 aliphatic heterocycles. The van der Waals surface area contributed by atoms with Gasteiger partial charge in [-0.25, -0.2) is 4.99 Å². The number of aryl methyl sites for hydroxylation is 2. The summed E-state index contributed by atoms with van der Waals surface area (Å²) >= 11 is 0. The summed E-state index contributed by atoms with van der Waals surface area (Å²) in [7, 11) is 0. The zero-order chi connectivity index (χ0) is 18.9. The van der Waals surface area contributed by atoms with Gasteiger partial charge in [-0.05, 0) is 50.5 Å². The molecule has 2 aromatic rings. The molecular formula is C21H29IN4O. The SMILES string of the molecule is CCNC(=NCc1cccc(C(N)=O)c1)NCCc1cc(C)cc(C)c1.I. The highest BCUT2D eigenvalue weighted by Gasteiger charge is 2.02. The summed E-state index contributed by atoms with van der Waals surface area (Å²) in [6.45, 7) is 8.35. The fraction of sp³-hybridized carbons (Fsp3) is 0.333. The number of rotatable bonds is 7. The Hall–Kier alpha value is -2.09. The number of carbonyl (C=O) groups excluding carboxylic acids is 1. The Bertz CT molecular complexity index is 769. The van der Waals surface area contributed by atoms with E-state index in [-0.39, 0.29) is 24.0 Å². The lowest BCUT2D eigenvalue weighted by atomic mass is 10.1. The topological polar surface area (TPSA) is 79.5 Å². The smallest absolute Gasteiger partial charge is 0.248 e. The molecule has 146 valence electrons. The predicted molar refractivity (Wildman–Crippen MR) is 123 cm³/mol. The van der Waals surface area contributed by atoms with Gasteiger partial charge < -0.3 is 16.4 Å². The van der Waals surface area contributed by atoms with Crippen LogP contribution in [0.4, 0.5) is 0 Å². The van der Waals surface area contributed by atoms with E-state index in [2.05, 4.69) is 47.7 Å². The molecule has 0 heterocycles. The van der Waals surface area contributed by atoms with Gasteiger partial charge in [0.1, 0.15) is 0 Å². The first-order valence-corrected chi connectivity index (χ1v) is 8.96. The summed E-state index contributed by atoms with van der Waals surface area (Å²) in [5.74, 6) is 0.343. The van der Waals surface area contributed by atoms with Gasteiger partial charge in [0.25, 0.3) is 0 Å². The molecule has 0 saturated heterocycles. The average Bonchev–Trinajstić information content (AvgIpc) is 2.59. The van der Waals surface area contributed by atoms with Crippen LogP contribution in [0.5, 0.6) is 0 Å². The highest BCUT2D eigenvalue weighted by Crippen LogP contribution is 2.09. The van der Waals surface area contributed by atoms with E-state index in [0.29, 0.717) is 12.1 Å². The van der Waals surface area contributed by atoms with Crippen LogP contribution in [0, 0.1) is 13.8 Å². The maximum Gasteiger partial charge on any atom is 0.248 e. The van der Waals surface area contributed by atoms with Crippen molar-refractivity contribution in [2.75, 3.05) is 13.1 Å². The maximum absolute atomic E-state index is 11.3. The fourth-order valence-corrected chi connectivity index (χ4v) is 2.87. The molecule has 0 unspecified atom stereocenters. The summed E-state index contributed by atoms with van der Waals surface area (Å²) in [5, 5.41) is 6.61. The van der Waals surface area contributed by atoms with Crippen LogP contribution in [0.15, 0.2) is 47.5 Å². The molecule has 0 spiro atoms. The third-order valence-electron chi connectivity index (χ3n) is 3.96. The molecule has 6 heteroatoms. The molecule has 0 aliphatic rings. The Morgan fingerprint density at radius 2 is 1.74 bits per heavy atom. The largest absolute Gasteiger partial charge is 0.366 e. The minimum Gasteiger partial charge on any atom is -0.366 e. The number of nitrogens with two attached hydrogens (primary N) is 1. The summed E-state index contributed by atoms with van der Waals surface area (Å²) in [5.41, 5.74) is 10.7. The maximum atomic E-state index is 11.3. The normalized spacial score (nSPS) is 10.9. The van der Waals surface area contributed by atoms with Crippen LogP contribution in [-0.2, 0) is 13.0 Å². The predicted octanol–water partition coefficient (Wildman–Crippen LogP) is 3.32. The van der Waals surface area contributed by atoms with Crippen molar-refractivity contribution in [1.29, 1.82) is 0 Å². The summed E-state index contributed by atoms with van der Waals surface area (Å²) in [4.78, 5) is 15.9. The van der Waals surface area contributed by atoms with Crippen molar-refractivity contribution >= 4 is 35.8 Å². The fourth-order valence-electron chi connectivity index (χ4n) is 2.87. The van der Waals surface area contributed by atoms with Crippen LogP contribution in [0.3, 0.4) is 0 Å². The molecule has 0 fully saturated rings. The molecule has 5 nitrogen and oxygen atoms in total. The third-order valence-corrected chi connectivity index (χ3v) is 3.96. The van der Waals surface area contributed by atoms with Crippen LogP contribution in [0.2, 0.25) is 0 Å². The Morgan fingerprint density at radius 1 is 1.04 bits per heavy atom. The Labute approximate surface area is 178 Å².